The van der Waals surface area contributed by atoms with E-state index in [2.05, 4.69) is 29.7 Å². The first-order valence-electron chi connectivity index (χ1n) is 10.3. The van der Waals surface area contributed by atoms with Crippen molar-refractivity contribution >= 4 is 17.1 Å². The lowest BCUT2D eigenvalue weighted by atomic mass is 10.0. The van der Waals surface area contributed by atoms with Gasteiger partial charge in [-0.3, -0.25) is 0 Å². The molecule has 1 aromatic heterocycles. The highest BCUT2D eigenvalue weighted by Crippen LogP contribution is 2.43. The number of benzene rings is 1. The zero-order valence-electron chi connectivity index (χ0n) is 17.6. The molecule has 2 atom stereocenters. The Balaban J connectivity index is 1.63. The van der Waals surface area contributed by atoms with Gasteiger partial charge in [-0.25, -0.2) is 9.78 Å². The third-order valence-corrected chi connectivity index (χ3v) is 5.63. The average molecular weight is 386 g/mol. The number of rotatable bonds is 3. The number of aryl methyl sites for hydroxylation is 1. The molecule has 152 valence electrons. The Labute approximate surface area is 166 Å². The van der Waals surface area contributed by atoms with Gasteiger partial charge in [-0.15, -0.1) is 0 Å². The van der Waals surface area contributed by atoms with Crippen LogP contribution in [-0.2, 0) is 9.47 Å². The number of carbonyl (C=O) groups is 1. The SMILES string of the molecule is CO[C@H]1CN(C(=O)OC(C)(C)C)CC[C@@H]1n1c(C2CC2)nc2cc(C)ccc21. The predicted octanol–water partition coefficient (Wildman–Crippen LogP) is 4.42. The smallest absolute Gasteiger partial charge is 0.410 e. The van der Waals surface area contributed by atoms with E-state index in [0.29, 0.717) is 19.0 Å². The molecule has 2 fully saturated rings. The lowest BCUT2D eigenvalue weighted by molar-refractivity contribution is -0.0249. The standard InChI is InChI=1S/C22H31N3O3/c1-14-6-9-17-16(12-14)23-20(15-7-8-15)25(17)18-10-11-24(13-19(18)27-5)21(26)28-22(2,3)4/h6,9,12,15,18-19H,7-8,10-11,13H2,1-5H3/t18-,19-/m0/s1. The van der Waals surface area contributed by atoms with Gasteiger partial charge in [-0.1, -0.05) is 6.07 Å². The predicted molar refractivity (Wildman–Crippen MR) is 109 cm³/mol. The number of ether oxygens (including phenoxy) is 2. The number of amides is 1. The van der Waals surface area contributed by atoms with Crippen molar-refractivity contribution in [1.29, 1.82) is 0 Å². The van der Waals surface area contributed by atoms with E-state index in [0.717, 1.165) is 11.9 Å². The van der Waals surface area contributed by atoms with Gasteiger partial charge in [0.25, 0.3) is 0 Å². The zero-order valence-corrected chi connectivity index (χ0v) is 17.6. The number of fused-ring (bicyclic) bond motifs is 1. The van der Waals surface area contributed by atoms with E-state index in [1.54, 1.807) is 12.0 Å². The summed E-state index contributed by atoms with van der Waals surface area (Å²) >= 11 is 0. The Hall–Kier alpha value is -2.08. The summed E-state index contributed by atoms with van der Waals surface area (Å²) in [7, 11) is 1.73. The normalized spacial score (nSPS) is 23.2. The molecule has 1 saturated carbocycles. The molecule has 6 nitrogen and oxygen atoms in total. The summed E-state index contributed by atoms with van der Waals surface area (Å²) in [5.41, 5.74) is 2.97. The van der Waals surface area contributed by atoms with Crippen LogP contribution in [0.2, 0.25) is 0 Å². The van der Waals surface area contributed by atoms with Crippen molar-refractivity contribution in [1.82, 2.24) is 14.5 Å². The molecule has 1 aliphatic heterocycles. The van der Waals surface area contributed by atoms with Crippen LogP contribution >= 0.6 is 0 Å². The minimum atomic E-state index is -0.492. The number of nitrogens with zero attached hydrogens (tertiary/aromatic N) is 3. The Bertz CT molecular complexity index is 879. The Morgan fingerprint density at radius 1 is 1.21 bits per heavy atom. The van der Waals surface area contributed by atoms with E-state index in [-0.39, 0.29) is 18.2 Å². The number of carbonyl (C=O) groups excluding carboxylic acids is 1. The molecule has 4 rings (SSSR count). The van der Waals surface area contributed by atoms with Gasteiger partial charge >= 0.3 is 6.09 Å². The molecule has 2 heterocycles. The molecule has 1 saturated heterocycles. The first-order valence-corrected chi connectivity index (χ1v) is 10.3. The Morgan fingerprint density at radius 2 is 1.96 bits per heavy atom. The second kappa shape index (κ2) is 7.07. The topological polar surface area (TPSA) is 56.6 Å². The molecule has 1 amide bonds. The minimum Gasteiger partial charge on any atom is -0.444 e. The van der Waals surface area contributed by atoms with E-state index in [1.165, 1.54) is 29.7 Å². The van der Waals surface area contributed by atoms with E-state index < -0.39 is 5.60 Å². The first kappa shape index (κ1) is 19.2. The van der Waals surface area contributed by atoms with Crippen LogP contribution in [0.5, 0.6) is 0 Å². The number of aromatic nitrogens is 2. The van der Waals surface area contributed by atoms with Crippen LogP contribution in [0.1, 0.15) is 63.4 Å². The number of hydrogen-bond donors (Lipinski definition) is 0. The molecule has 28 heavy (non-hydrogen) atoms. The molecule has 0 unspecified atom stereocenters. The summed E-state index contributed by atoms with van der Waals surface area (Å²) in [6.07, 6.45) is 2.89. The quantitative estimate of drug-likeness (QED) is 0.785. The van der Waals surface area contributed by atoms with Crippen molar-refractivity contribution in [2.45, 2.75) is 70.6 Å². The van der Waals surface area contributed by atoms with Crippen molar-refractivity contribution in [2.75, 3.05) is 20.2 Å². The number of piperidine rings is 1. The van der Waals surface area contributed by atoms with Crippen molar-refractivity contribution in [3.8, 4) is 0 Å². The molecule has 1 aromatic carbocycles. The van der Waals surface area contributed by atoms with Crippen LogP contribution in [0.4, 0.5) is 4.79 Å². The maximum absolute atomic E-state index is 12.5. The zero-order chi connectivity index (χ0) is 20.1. The molecule has 0 bridgehead atoms. The van der Waals surface area contributed by atoms with Crippen LogP contribution in [0.25, 0.3) is 11.0 Å². The molecule has 1 aliphatic carbocycles. The summed E-state index contributed by atoms with van der Waals surface area (Å²) in [6, 6.07) is 6.66. The van der Waals surface area contributed by atoms with Gasteiger partial charge in [-0.2, -0.15) is 0 Å². The van der Waals surface area contributed by atoms with Crippen molar-refractivity contribution < 1.29 is 14.3 Å². The van der Waals surface area contributed by atoms with Crippen LogP contribution < -0.4 is 0 Å². The third kappa shape index (κ3) is 3.75. The Kier molecular flexibility index (Phi) is 4.86. The Morgan fingerprint density at radius 3 is 2.61 bits per heavy atom. The van der Waals surface area contributed by atoms with Crippen LogP contribution in [0.15, 0.2) is 18.2 Å². The largest absolute Gasteiger partial charge is 0.444 e. The van der Waals surface area contributed by atoms with Crippen molar-refractivity contribution in [2.24, 2.45) is 0 Å². The molecule has 0 N–H and O–H groups in total. The van der Waals surface area contributed by atoms with Crippen molar-refractivity contribution in [3.05, 3.63) is 29.6 Å². The highest BCUT2D eigenvalue weighted by Gasteiger charge is 2.39. The lowest BCUT2D eigenvalue weighted by Crippen LogP contribution is -2.49. The van der Waals surface area contributed by atoms with Gasteiger partial charge in [-0.05, 0) is 64.7 Å². The summed E-state index contributed by atoms with van der Waals surface area (Å²) in [5.74, 6) is 1.73. The van der Waals surface area contributed by atoms with Gasteiger partial charge < -0.3 is 18.9 Å². The maximum atomic E-state index is 12.5. The van der Waals surface area contributed by atoms with Gasteiger partial charge in [0.15, 0.2) is 0 Å². The van der Waals surface area contributed by atoms with E-state index in [9.17, 15) is 4.79 Å². The van der Waals surface area contributed by atoms with Gasteiger partial charge in [0.2, 0.25) is 0 Å². The third-order valence-electron chi connectivity index (χ3n) is 5.63. The molecular formula is C22H31N3O3. The van der Waals surface area contributed by atoms with Crippen LogP contribution in [0.3, 0.4) is 0 Å². The molecule has 2 aromatic rings. The number of likely N-dealkylation sites (tertiary alicyclic amines) is 1. The highest BCUT2D eigenvalue weighted by molar-refractivity contribution is 5.77. The molecule has 2 aliphatic rings. The molecule has 0 radical (unpaired) electrons. The van der Waals surface area contributed by atoms with Gasteiger partial charge in [0.1, 0.15) is 11.4 Å². The number of hydrogen-bond acceptors (Lipinski definition) is 4. The number of methoxy groups -OCH3 is 1. The van der Waals surface area contributed by atoms with Gasteiger partial charge in [0.05, 0.1) is 29.7 Å². The monoisotopic (exact) mass is 385 g/mol. The summed E-state index contributed by atoms with van der Waals surface area (Å²) in [4.78, 5) is 19.3. The number of imidazole rings is 1. The second-order valence-electron chi connectivity index (χ2n) is 9.16. The summed E-state index contributed by atoms with van der Waals surface area (Å²) in [5, 5.41) is 0. The minimum absolute atomic E-state index is 0.0857. The summed E-state index contributed by atoms with van der Waals surface area (Å²) in [6.45, 7) is 8.99. The molecule has 0 spiro atoms. The van der Waals surface area contributed by atoms with Crippen LogP contribution in [0, 0.1) is 6.92 Å². The fraction of sp³-hybridized carbons (Fsp3) is 0.636. The van der Waals surface area contributed by atoms with E-state index in [1.807, 2.05) is 20.8 Å². The van der Waals surface area contributed by atoms with E-state index >= 15 is 0 Å². The van der Waals surface area contributed by atoms with Crippen LogP contribution in [-0.4, -0.2) is 52.4 Å². The fourth-order valence-corrected chi connectivity index (χ4v) is 4.13. The van der Waals surface area contributed by atoms with Gasteiger partial charge in [0, 0.05) is 19.6 Å². The summed E-state index contributed by atoms with van der Waals surface area (Å²) < 4.78 is 13.8. The molecular weight excluding hydrogens is 354 g/mol. The average Bonchev–Trinajstić information content (AvgIpc) is 3.40. The second-order valence-corrected chi connectivity index (χ2v) is 9.16. The van der Waals surface area contributed by atoms with Crippen molar-refractivity contribution in [3.63, 3.8) is 0 Å². The van der Waals surface area contributed by atoms with E-state index in [4.69, 9.17) is 14.5 Å². The first-order chi connectivity index (χ1) is 13.3. The lowest BCUT2D eigenvalue weighted by Gasteiger charge is -2.39. The highest BCUT2D eigenvalue weighted by atomic mass is 16.6. The molecule has 6 heteroatoms. The maximum Gasteiger partial charge on any atom is 0.410 e. The fourth-order valence-electron chi connectivity index (χ4n) is 4.13.